The van der Waals surface area contributed by atoms with Crippen molar-refractivity contribution in [2.24, 2.45) is 5.10 Å². The molecule has 0 radical (unpaired) electrons. The summed E-state index contributed by atoms with van der Waals surface area (Å²) < 4.78 is 53.3. The fourth-order valence-corrected chi connectivity index (χ4v) is 3.91. The highest BCUT2D eigenvalue weighted by atomic mass is 35.5. The lowest BCUT2D eigenvalue weighted by molar-refractivity contribution is -0.274. The molecule has 0 fully saturated rings. The number of amides is 2. The van der Waals surface area contributed by atoms with Gasteiger partial charge in [-0.25, -0.2) is 4.79 Å². The number of rotatable bonds is 3. The van der Waals surface area contributed by atoms with Crippen LogP contribution in [-0.4, -0.2) is 31.5 Å². The number of benzene rings is 2. The Hall–Kier alpha value is -2.59. The summed E-state index contributed by atoms with van der Waals surface area (Å²) in [5.41, 5.74) is 0.783. The number of ether oxygens (including phenoxy) is 1. The first-order valence-corrected chi connectivity index (χ1v) is 9.73. The van der Waals surface area contributed by atoms with Gasteiger partial charge in [0.05, 0.1) is 0 Å². The summed E-state index contributed by atoms with van der Waals surface area (Å²) in [7, 11) is -1.63. The van der Waals surface area contributed by atoms with E-state index in [2.05, 4.69) is 15.2 Å². The predicted molar refractivity (Wildman–Crippen MR) is 104 cm³/mol. The second-order valence-corrected chi connectivity index (χ2v) is 8.80. The van der Waals surface area contributed by atoms with Gasteiger partial charge < -0.3 is 10.1 Å². The van der Waals surface area contributed by atoms with Gasteiger partial charge in [0.2, 0.25) is 0 Å². The Balaban J connectivity index is 1.79. The summed E-state index contributed by atoms with van der Waals surface area (Å²) in [4.78, 5) is 11.5. The van der Waals surface area contributed by atoms with Crippen molar-refractivity contribution in [1.82, 2.24) is 5.01 Å². The van der Waals surface area contributed by atoms with Crippen LogP contribution in [0.3, 0.4) is 0 Å². The van der Waals surface area contributed by atoms with Gasteiger partial charge in [-0.3, -0.25) is 4.21 Å². The van der Waals surface area contributed by atoms with Crippen LogP contribution in [0.1, 0.15) is 19.4 Å². The van der Waals surface area contributed by atoms with Gasteiger partial charge in [-0.1, -0.05) is 23.7 Å². The van der Waals surface area contributed by atoms with E-state index in [1.54, 1.807) is 38.1 Å². The normalized spacial score (nSPS) is 18.3. The molecule has 0 saturated carbocycles. The number of halogens is 4. The minimum absolute atomic E-state index is 0.218. The number of hydrogen-bond acceptors (Lipinski definition) is 4. The molecule has 0 spiro atoms. The molecule has 0 saturated heterocycles. The van der Waals surface area contributed by atoms with Crippen LogP contribution < -0.4 is 10.1 Å². The monoisotopic (exact) mass is 445 g/mol. The van der Waals surface area contributed by atoms with Crippen LogP contribution in [0, 0.1) is 0 Å². The van der Waals surface area contributed by atoms with Gasteiger partial charge in [-0.05, 0) is 50.2 Å². The van der Waals surface area contributed by atoms with E-state index in [0.717, 1.165) is 17.1 Å². The van der Waals surface area contributed by atoms with Crippen molar-refractivity contribution in [2.45, 2.75) is 25.1 Å². The SMILES string of the molecule is CC1(C)N(C(=O)Nc2ccc(OC(F)(F)F)cc2)N=C(c2ccc(Cl)cc2)S1=O. The summed E-state index contributed by atoms with van der Waals surface area (Å²) >= 11 is 5.87. The number of urea groups is 1. The molecule has 1 atom stereocenters. The van der Waals surface area contributed by atoms with Crippen molar-refractivity contribution in [2.75, 3.05) is 5.32 Å². The molecule has 11 heteroatoms. The number of alkyl halides is 3. The number of nitrogens with zero attached hydrogens (tertiary/aromatic N) is 2. The molecule has 1 unspecified atom stereocenters. The molecule has 1 heterocycles. The van der Waals surface area contributed by atoms with Crippen LogP contribution in [0.2, 0.25) is 5.02 Å². The Morgan fingerprint density at radius 3 is 2.28 bits per heavy atom. The van der Waals surface area contributed by atoms with Crippen molar-refractivity contribution in [1.29, 1.82) is 0 Å². The van der Waals surface area contributed by atoms with E-state index in [-0.39, 0.29) is 10.7 Å². The van der Waals surface area contributed by atoms with E-state index < -0.39 is 33.8 Å². The fourth-order valence-electron chi connectivity index (χ4n) is 2.53. The molecule has 6 nitrogen and oxygen atoms in total. The molecule has 3 rings (SSSR count). The number of hydrazone groups is 1. The molecule has 154 valence electrons. The Labute approximate surface area is 171 Å². The van der Waals surface area contributed by atoms with Crippen molar-refractivity contribution >= 4 is 39.2 Å². The third-order valence-corrected chi connectivity index (χ3v) is 5.95. The number of carbonyl (C=O) groups excluding carboxylic acids is 1. The topological polar surface area (TPSA) is 71.0 Å². The smallest absolute Gasteiger partial charge is 0.406 e. The van der Waals surface area contributed by atoms with Crippen molar-refractivity contribution < 1.29 is 26.9 Å². The number of hydrogen-bond donors (Lipinski definition) is 1. The summed E-state index contributed by atoms with van der Waals surface area (Å²) in [5, 5.41) is 8.50. The van der Waals surface area contributed by atoms with Crippen LogP contribution in [0.5, 0.6) is 5.75 Å². The van der Waals surface area contributed by atoms with Crippen LogP contribution >= 0.6 is 11.6 Å². The van der Waals surface area contributed by atoms with E-state index in [0.29, 0.717) is 10.6 Å². The zero-order valence-electron chi connectivity index (χ0n) is 15.2. The molecule has 1 aliphatic heterocycles. The molecule has 29 heavy (non-hydrogen) atoms. The summed E-state index contributed by atoms with van der Waals surface area (Å²) in [6, 6.07) is 10.5. The molecule has 0 aromatic heterocycles. The van der Waals surface area contributed by atoms with Gasteiger partial charge >= 0.3 is 12.4 Å². The highest BCUT2D eigenvalue weighted by Gasteiger charge is 2.45. The molecule has 2 amide bonds. The molecule has 1 N–H and O–H groups in total. The first kappa shape index (κ1) is 21.1. The molecule has 2 aromatic carbocycles. The fraction of sp³-hybridized carbons (Fsp3) is 0.222. The van der Waals surface area contributed by atoms with Crippen LogP contribution in [0.15, 0.2) is 53.6 Å². The molecular weight excluding hydrogens is 431 g/mol. The van der Waals surface area contributed by atoms with Gasteiger partial charge in [0.1, 0.15) is 21.4 Å². The lowest BCUT2D eigenvalue weighted by Crippen LogP contribution is -2.45. The highest BCUT2D eigenvalue weighted by Crippen LogP contribution is 2.31. The Morgan fingerprint density at radius 2 is 1.72 bits per heavy atom. The third-order valence-electron chi connectivity index (χ3n) is 3.95. The molecule has 0 bridgehead atoms. The van der Waals surface area contributed by atoms with Gasteiger partial charge in [0.25, 0.3) is 0 Å². The van der Waals surface area contributed by atoms with E-state index >= 15 is 0 Å². The third kappa shape index (κ3) is 4.70. The Kier molecular flexibility index (Phi) is 5.59. The Morgan fingerprint density at radius 1 is 1.14 bits per heavy atom. The number of carbonyl (C=O) groups is 1. The summed E-state index contributed by atoms with van der Waals surface area (Å²) in [5.74, 6) is -0.416. The highest BCUT2D eigenvalue weighted by molar-refractivity contribution is 8.02. The molecule has 0 aliphatic carbocycles. The van der Waals surface area contributed by atoms with Gasteiger partial charge in [0, 0.05) is 16.3 Å². The van der Waals surface area contributed by atoms with Crippen LogP contribution in [0.4, 0.5) is 23.7 Å². The van der Waals surface area contributed by atoms with Crippen molar-refractivity contribution in [3.8, 4) is 5.75 Å². The minimum atomic E-state index is -4.80. The van der Waals surface area contributed by atoms with Gasteiger partial charge in [-0.2, -0.15) is 10.1 Å². The maximum absolute atomic E-state index is 12.9. The van der Waals surface area contributed by atoms with E-state index in [9.17, 15) is 22.2 Å². The average molecular weight is 446 g/mol. The van der Waals surface area contributed by atoms with Crippen LogP contribution in [-0.2, 0) is 10.8 Å². The molecule has 1 aliphatic rings. The first-order chi connectivity index (χ1) is 13.5. The van der Waals surface area contributed by atoms with E-state index in [1.165, 1.54) is 12.1 Å². The second-order valence-electron chi connectivity index (χ2n) is 6.44. The standard InChI is InChI=1S/C18H15ClF3N3O3S/c1-17(2)25(24-15(29(17)27)11-3-5-12(19)6-4-11)16(26)23-13-7-9-14(10-8-13)28-18(20,21)22/h3-10H,1-2H3,(H,23,26). The predicted octanol–water partition coefficient (Wildman–Crippen LogP) is 4.93. The van der Waals surface area contributed by atoms with Gasteiger partial charge in [-0.15, -0.1) is 13.2 Å². The molecule has 2 aromatic rings. The Bertz CT molecular complexity index is 977. The number of anilines is 1. The maximum Gasteiger partial charge on any atom is 0.573 e. The molecular formula is C18H15ClF3N3O3S. The van der Waals surface area contributed by atoms with Crippen LogP contribution in [0.25, 0.3) is 0 Å². The van der Waals surface area contributed by atoms with E-state index in [4.69, 9.17) is 11.6 Å². The lowest BCUT2D eigenvalue weighted by atomic mass is 10.2. The largest absolute Gasteiger partial charge is 0.573 e. The minimum Gasteiger partial charge on any atom is -0.406 e. The zero-order chi connectivity index (χ0) is 21.4. The lowest BCUT2D eigenvalue weighted by Gasteiger charge is -2.27. The van der Waals surface area contributed by atoms with Gasteiger partial charge in [0.15, 0.2) is 5.04 Å². The first-order valence-electron chi connectivity index (χ1n) is 8.21. The quantitative estimate of drug-likeness (QED) is 0.728. The van der Waals surface area contributed by atoms with Crippen molar-refractivity contribution in [3.05, 3.63) is 59.1 Å². The maximum atomic E-state index is 12.9. The second kappa shape index (κ2) is 7.68. The summed E-state index contributed by atoms with van der Waals surface area (Å²) in [6.45, 7) is 3.19. The average Bonchev–Trinajstić information content (AvgIpc) is 2.86. The number of nitrogens with one attached hydrogen (secondary N) is 1. The summed E-state index contributed by atoms with van der Waals surface area (Å²) in [6.07, 6.45) is -4.80. The zero-order valence-corrected chi connectivity index (χ0v) is 16.7. The van der Waals surface area contributed by atoms with E-state index in [1.807, 2.05) is 0 Å². The van der Waals surface area contributed by atoms with Crippen molar-refractivity contribution in [3.63, 3.8) is 0 Å².